The first kappa shape index (κ1) is 18.1. The van der Waals surface area contributed by atoms with Crippen LogP contribution in [0, 0.1) is 13.8 Å². The molecule has 0 saturated heterocycles. The van der Waals surface area contributed by atoms with Crippen molar-refractivity contribution < 1.29 is 14.3 Å². The first-order chi connectivity index (χ1) is 11.3. The smallest absolute Gasteiger partial charge is 0.340 e. The lowest BCUT2D eigenvalue weighted by atomic mass is 10.1. The second-order valence-corrected chi connectivity index (χ2v) is 6.10. The van der Waals surface area contributed by atoms with Gasteiger partial charge >= 0.3 is 5.97 Å². The lowest BCUT2D eigenvalue weighted by molar-refractivity contribution is 0.0475. The summed E-state index contributed by atoms with van der Waals surface area (Å²) in [5.74, 6) is -0.898. The van der Waals surface area contributed by atoms with Crippen molar-refractivity contribution in [3.05, 3.63) is 51.8 Å². The van der Waals surface area contributed by atoms with Crippen LogP contribution in [-0.2, 0) is 11.3 Å². The van der Waals surface area contributed by atoms with Gasteiger partial charge in [-0.1, -0.05) is 18.5 Å². The maximum atomic E-state index is 12.4. The molecule has 0 amide bonds. The number of nitrogen functional groups attached to an aromatic ring is 1. The third-order valence-corrected chi connectivity index (χ3v) is 4.13. The minimum absolute atomic E-state index is 0.159. The van der Waals surface area contributed by atoms with Gasteiger partial charge in [0.05, 0.1) is 5.56 Å². The van der Waals surface area contributed by atoms with Gasteiger partial charge in [0.2, 0.25) is 5.78 Å². The lowest BCUT2D eigenvalue weighted by Crippen LogP contribution is -2.16. The molecule has 6 heteroatoms. The number of esters is 1. The van der Waals surface area contributed by atoms with Crippen LogP contribution in [-0.4, -0.2) is 22.9 Å². The van der Waals surface area contributed by atoms with Gasteiger partial charge < -0.3 is 15.0 Å². The molecule has 0 spiro atoms. The van der Waals surface area contributed by atoms with Crippen molar-refractivity contribution in [2.45, 2.75) is 33.7 Å². The van der Waals surface area contributed by atoms with Gasteiger partial charge in [-0.25, -0.2) is 4.79 Å². The van der Waals surface area contributed by atoms with Gasteiger partial charge in [-0.3, -0.25) is 4.79 Å². The van der Waals surface area contributed by atoms with Gasteiger partial charge in [0.25, 0.3) is 0 Å². The second kappa shape index (κ2) is 7.53. The number of halogens is 1. The number of ether oxygens (including phenoxy) is 1. The van der Waals surface area contributed by atoms with E-state index < -0.39 is 5.97 Å². The molecule has 0 atom stereocenters. The summed E-state index contributed by atoms with van der Waals surface area (Å²) in [6, 6.07) is 6.37. The molecule has 128 valence electrons. The number of anilines is 1. The average molecular weight is 349 g/mol. The summed E-state index contributed by atoms with van der Waals surface area (Å²) in [5, 5.41) is 0.380. The molecule has 0 unspecified atom stereocenters. The first-order valence-corrected chi connectivity index (χ1v) is 8.15. The number of hydrogen-bond acceptors (Lipinski definition) is 4. The Bertz CT molecular complexity index is 781. The van der Waals surface area contributed by atoms with Crippen LogP contribution in [0.25, 0.3) is 0 Å². The standard InChI is InChI=1S/C18H21ClN2O3/c1-4-7-21-11(2)8-14(12(21)3)17(22)10-24-18(23)15-9-13(19)5-6-16(15)20/h5-6,8-9H,4,7,10,20H2,1-3H3. The fourth-order valence-corrected chi connectivity index (χ4v) is 2.82. The van der Waals surface area contributed by atoms with Gasteiger partial charge in [0.1, 0.15) is 0 Å². The van der Waals surface area contributed by atoms with Crippen LogP contribution < -0.4 is 5.73 Å². The molecule has 24 heavy (non-hydrogen) atoms. The highest BCUT2D eigenvalue weighted by molar-refractivity contribution is 6.31. The molecule has 2 N–H and O–H groups in total. The molecule has 1 aromatic carbocycles. The quantitative estimate of drug-likeness (QED) is 0.489. The Morgan fingerprint density at radius 1 is 1.21 bits per heavy atom. The number of Topliss-reactive ketones (excluding diaryl/α,β-unsaturated/α-hetero) is 1. The summed E-state index contributed by atoms with van der Waals surface area (Å²) in [7, 11) is 0. The Kier molecular flexibility index (Phi) is 5.67. The van der Waals surface area contributed by atoms with E-state index in [0.717, 1.165) is 24.4 Å². The minimum Gasteiger partial charge on any atom is -0.454 e. The summed E-state index contributed by atoms with van der Waals surface area (Å²) in [6.45, 7) is 6.45. The van der Waals surface area contributed by atoms with Crippen LogP contribution in [0.15, 0.2) is 24.3 Å². The monoisotopic (exact) mass is 348 g/mol. The molecule has 0 saturated carbocycles. The highest BCUT2D eigenvalue weighted by atomic mass is 35.5. The molecule has 2 aromatic rings. The van der Waals surface area contributed by atoms with Crippen molar-refractivity contribution in [3.8, 4) is 0 Å². The topological polar surface area (TPSA) is 74.3 Å². The van der Waals surface area contributed by atoms with E-state index in [2.05, 4.69) is 11.5 Å². The van der Waals surface area contributed by atoms with E-state index in [1.165, 1.54) is 12.1 Å². The number of carbonyl (C=O) groups excluding carboxylic acids is 2. The molecule has 2 rings (SSSR count). The minimum atomic E-state index is -0.661. The van der Waals surface area contributed by atoms with Crippen molar-refractivity contribution in [3.63, 3.8) is 0 Å². The number of nitrogens with two attached hydrogens (primary N) is 1. The van der Waals surface area contributed by atoms with Gasteiger partial charge in [0.15, 0.2) is 6.61 Å². The van der Waals surface area contributed by atoms with E-state index in [4.69, 9.17) is 22.1 Å². The number of aromatic nitrogens is 1. The van der Waals surface area contributed by atoms with E-state index in [1.807, 2.05) is 19.9 Å². The molecule has 0 aliphatic carbocycles. The summed E-state index contributed by atoms with van der Waals surface area (Å²) >= 11 is 5.86. The van der Waals surface area contributed by atoms with Gasteiger partial charge in [0, 0.05) is 34.2 Å². The maximum absolute atomic E-state index is 12.4. The third-order valence-electron chi connectivity index (χ3n) is 3.89. The Morgan fingerprint density at radius 2 is 1.92 bits per heavy atom. The molecule has 5 nitrogen and oxygen atoms in total. The molecule has 0 bridgehead atoms. The summed E-state index contributed by atoms with van der Waals surface area (Å²) in [4.78, 5) is 24.5. The van der Waals surface area contributed by atoms with Gasteiger partial charge in [-0.05, 0) is 44.5 Å². The summed E-state index contributed by atoms with van der Waals surface area (Å²) < 4.78 is 7.20. The van der Waals surface area contributed by atoms with Crippen molar-refractivity contribution in [1.29, 1.82) is 0 Å². The molecule has 0 aliphatic heterocycles. The van der Waals surface area contributed by atoms with Crippen molar-refractivity contribution in [2.24, 2.45) is 0 Å². The normalized spacial score (nSPS) is 10.7. The van der Waals surface area contributed by atoms with Gasteiger partial charge in [-0.2, -0.15) is 0 Å². The number of ketones is 1. The van der Waals surface area contributed by atoms with Gasteiger partial charge in [-0.15, -0.1) is 0 Å². The molecular formula is C18H21ClN2O3. The number of rotatable bonds is 6. The van der Waals surface area contributed by atoms with Crippen LogP contribution in [0.2, 0.25) is 5.02 Å². The Labute approximate surface area is 146 Å². The fraction of sp³-hybridized carbons (Fsp3) is 0.333. The molecule has 0 fully saturated rings. The summed E-state index contributed by atoms with van der Waals surface area (Å²) in [6.07, 6.45) is 0.979. The van der Waals surface area contributed by atoms with Crippen LogP contribution in [0.4, 0.5) is 5.69 Å². The number of hydrogen-bond donors (Lipinski definition) is 1. The van der Waals surface area contributed by atoms with Crippen LogP contribution in [0.3, 0.4) is 0 Å². The van der Waals surface area contributed by atoms with Crippen LogP contribution in [0.5, 0.6) is 0 Å². The molecule has 1 heterocycles. The zero-order valence-electron chi connectivity index (χ0n) is 14.1. The first-order valence-electron chi connectivity index (χ1n) is 7.77. The SMILES string of the molecule is CCCn1c(C)cc(C(=O)COC(=O)c2cc(Cl)ccc2N)c1C. The Morgan fingerprint density at radius 3 is 2.58 bits per heavy atom. The number of nitrogens with zero attached hydrogens (tertiary/aromatic N) is 1. The van der Waals surface area contributed by atoms with E-state index >= 15 is 0 Å². The molecule has 1 aromatic heterocycles. The molecule has 0 aliphatic rings. The second-order valence-electron chi connectivity index (χ2n) is 5.67. The average Bonchev–Trinajstić information content (AvgIpc) is 2.83. The maximum Gasteiger partial charge on any atom is 0.340 e. The Balaban J connectivity index is 2.09. The number of benzene rings is 1. The zero-order valence-corrected chi connectivity index (χ0v) is 14.8. The lowest BCUT2D eigenvalue weighted by Gasteiger charge is -2.09. The fourth-order valence-electron chi connectivity index (χ4n) is 2.64. The predicted octanol–water partition coefficient (Wildman–Crippen LogP) is 3.79. The predicted molar refractivity (Wildman–Crippen MR) is 94.7 cm³/mol. The van der Waals surface area contributed by atoms with E-state index in [0.29, 0.717) is 10.6 Å². The van der Waals surface area contributed by atoms with Crippen LogP contribution >= 0.6 is 11.6 Å². The van der Waals surface area contributed by atoms with E-state index in [9.17, 15) is 9.59 Å². The van der Waals surface area contributed by atoms with Crippen LogP contribution in [0.1, 0.15) is 45.4 Å². The summed E-state index contributed by atoms with van der Waals surface area (Å²) in [5.41, 5.74) is 8.64. The van der Waals surface area contributed by atoms with E-state index in [1.54, 1.807) is 6.07 Å². The molecule has 0 radical (unpaired) electrons. The Hall–Kier alpha value is -2.27. The van der Waals surface area contributed by atoms with E-state index in [-0.39, 0.29) is 23.6 Å². The third kappa shape index (κ3) is 3.79. The highest BCUT2D eigenvalue weighted by Crippen LogP contribution is 2.20. The van der Waals surface area contributed by atoms with Crippen molar-refractivity contribution in [2.75, 3.05) is 12.3 Å². The largest absolute Gasteiger partial charge is 0.454 e. The van der Waals surface area contributed by atoms with Crippen molar-refractivity contribution >= 4 is 29.0 Å². The zero-order chi connectivity index (χ0) is 17.9. The number of carbonyl (C=O) groups is 2. The van der Waals surface area contributed by atoms with Crippen molar-refractivity contribution in [1.82, 2.24) is 4.57 Å². The number of aryl methyl sites for hydroxylation is 1. The highest BCUT2D eigenvalue weighted by Gasteiger charge is 2.18. The molecular weight excluding hydrogens is 328 g/mol.